The molecule has 0 N–H and O–H groups in total. The van der Waals surface area contributed by atoms with Crippen LogP contribution in [0.5, 0.6) is 0 Å². The van der Waals surface area contributed by atoms with Gasteiger partial charge in [0, 0.05) is 5.41 Å². The van der Waals surface area contributed by atoms with Crippen LogP contribution in [0.3, 0.4) is 0 Å². The zero-order chi connectivity index (χ0) is 9.47. The number of ether oxygens (including phenoxy) is 1. The van der Waals surface area contributed by atoms with Gasteiger partial charge < -0.3 is 4.74 Å². The monoisotopic (exact) mass is 176 g/mol. The van der Waals surface area contributed by atoms with Crippen molar-refractivity contribution in [3.8, 4) is 0 Å². The lowest BCUT2D eigenvalue weighted by molar-refractivity contribution is 0.0178. The van der Waals surface area contributed by atoms with E-state index in [1.54, 1.807) is 0 Å². The van der Waals surface area contributed by atoms with Gasteiger partial charge in [0.05, 0.1) is 12.7 Å². The predicted octanol–water partition coefficient (Wildman–Crippen LogP) is 3.06. The van der Waals surface area contributed by atoms with Crippen molar-refractivity contribution in [3.05, 3.63) is 35.4 Å². The molecule has 1 aliphatic heterocycles. The van der Waals surface area contributed by atoms with Crippen molar-refractivity contribution in [2.45, 2.75) is 32.3 Å². The summed E-state index contributed by atoms with van der Waals surface area (Å²) in [7, 11) is 0. The maximum Gasteiger partial charge on any atom is 0.0800 e. The van der Waals surface area contributed by atoms with Crippen LogP contribution in [0, 0.1) is 0 Å². The molecule has 1 heteroatoms. The van der Waals surface area contributed by atoms with Gasteiger partial charge in [-0.25, -0.2) is 0 Å². The molecule has 1 aromatic rings. The largest absolute Gasteiger partial charge is 0.373 e. The van der Waals surface area contributed by atoms with Gasteiger partial charge in [-0.05, 0) is 18.1 Å². The second kappa shape index (κ2) is 2.85. The molecular formula is C12H16O. The lowest BCUT2D eigenvalue weighted by Crippen LogP contribution is -2.31. The maximum absolute atomic E-state index is 5.72. The Bertz CT molecular complexity index is 315. The number of rotatable bonds is 0. The van der Waals surface area contributed by atoms with Gasteiger partial charge in [-0.3, -0.25) is 0 Å². The van der Waals surface area contributed by atoms with Crippen LogP contribution in [-0.2, 0) is 10.2 Å². The first-order chi connectivity index (χ1) is 6.11. The molecule has 1 nitrogen and oxygen atoms in total. The summed E-state index contributed by atoms with van der Waals surface area (Å²) in [5.41, 5.74) is 2.95. The van der Waals surface area contributed by atoms with Crippen molar-refractivity contribution >= 4 is 0 Å². The summed E-state index contributed by atoms with van der Waals surface area (Å²) in [4.78, 5) is 0. The zero-order valence-corrected chi connectivity index (χ0v) is 8.50. The maximum atomic E-state index is 5.72. The van der Waals surface area contributed by atoms with Gasteiger partial charge in [-0.2, -0.15) is 0 Å². The van der Waals surface area contributed by atoms with Crippen LogP contribution in [-0.4, -0.2) is 6.61 Å². The molecule has 0 bridgehead atoms. The summed E-state index contributed by atoms with van der Waals surface area (Å²) in [5, 5.41) is 0. The van der Waals surface area contributed by atoms with E-state index in [-0.39, 0.29) is 11.5 Å². The molecule has 0 unspecified atom stereocenters. The third kappa shape index (κ3) is 1.37. The fourth-order valence-corrected chi connectivity index (χ4v) is 1.97. The summed E-state index contributed by atoms with van der Waals surface area (Å²) in [5.74, 6) is 0. The Morgan fingerprint density at radius 2 is 2.00 bits per heavy atom. The average Bonchev–Trinajstić information content (AvgIpc) is 2.13. The van der Waals surface area contributed by atoms with Crippen LogP contribution in [0.1, 0.15) is 38.0 Å². The molecule has 0 fully saturated rings. The number of hydrogen-bond donors (Lipinski definition) is 0. The molecule has 0 aliphatic carbocycles. The van der Waals surface area contributed by atoms with Crippen molar-refractivity contribution in [3.63, 3.8) is 0 Å². The van der Waals surface area contributed by atoms with E-state index in [4.69, 9.17) is 4.74 Å². The molecule has 0 spiro atoms. The molecule has 1 aromatic carbocycles. The van der Waals surface area contributed by atoms with Gasteiger partial charge >= 0.3 is 0 Å². The van der Waals surface area contributed by atoms with E-state index in [0.717, 1.165) is 6.61 Å². The number of hydrogen-bond acceptors (Lipinski definition) is 1. The van der Waals surface area contributed by atoms with Gasteiger partial charge in [-0.1, -0.05) is 38.1 Å². The molecule has 13 heavy (non-hydrogen) atoms. The third-order valence-corrected chi connectivity index (χ3v) is 2.82. The summed E-state index contributed by atoms with van der Waals surface area (Å²) in [6, 6.07) is 8.58. The standard InChI is InChI=1S/C12H16O/c1-9-10-6-4-5-7-11(10)12(2,3)8-13-9/h4-7,9H,8H2,1-3H3/t9-/m1/s1. The van der Waals surface area contributed by atoms with Crippen LogP contribution >= 0.6 is 0 Å². The molecule has 1 aliphatic rings. The molecule has 0 saturated heterocycles. The minimum Gasteiger partial charge on any atom is -0.373 e. The minimum atomic E-state index is 0.170. The predicted molar refractivity (Wildman–Crippen MR) is 53.8 cm³/mol. The molecule has 0 radical (unpaired) electrons. The van der Waals surface area contributed by atoms with Crippen LogP contribution in [0.25, 0.3) is 0 Å². The lowest BCUT2D eigenvalue weighted by atomic mass is 9.79. The van der Waals surface area contributed by atoms with Gasteiger partial charge in [0.15, 0.2) is 0 Å². The van der Waals surface area contributed by atoms with E-state index in [1.807, 2.05) is 0 Å². The van der Waals surface area contributed by atoms with E-state index < -0.39 is 0 Å². The van der Waals surface area contributed by atoms with E-state index >= 15 is 0 Å². The second-order valence-corrected chi connectivity index (χ2v) is 4.42. The quantitative estimate of drug-likeness (QED) is 0.590. The lowest BCUT2D eigenvalue weighted by Gasteiger charge is -2.35. The average molecular weight is 176 g/mol. The van der Waals surface area contributed by atoms with E-state index in [9.17, 15) is 0 Å². The Morgan fingerprint density at radius 3 is 2.69 bits per heavy atom. The van der Waals surface area contributed by atoms with Crippen molar-refractivity contribution in [2.75, 3.05) is 6.61 Å². The number of benzene rings is 1. The molecule has 2 rings (SSSR count). The highest BCUT2D eigenvalue weighted by atomic mass is 16.5. The van der Waals surface area contributed by atoms with Gasteiger partial charge in [0.2, 0.25) is 0 Å². The second-order valence-electron chi connectivity index (χ2n) is 4.42. The van der Waals surface area contributed by atoms with Gasteiger partial charge in [0.1, 0.15) is 0 Å². The fraction of sp³-hybridized carbons (Fsp3) is 0.500. The van der Waals surface area contributed by atoms with Crippen LogP contribution in [0.15, 0.2) is 24.3 Å². The first-order valence-electron chi connectivity index (χ1n) is 4.82. The Balaban J connectivity index is 2.55. The Kier molecular flexibility index (Phi) is 1.92. The van der Waals surface area contributed by atoms with Crippen molar-refractivity contribution in [1.82, 2.24) is 0 Å². The van der Waals surface area contributed by atoms with Crippen LogP contribution < -0.4 is 0 Å². The van der Waals surface area contributed by atoms with Crippen molar-refractivity contribution in [1.29, 1.82) is 0 Å². The van der Waals surface area contributed by atoms with Gasteiger partial charge in [0.25, 0.3) is 0 Å². The highest BCUT2D eigenvalue weighted by Gasteiger charge is 2.30. The first kappa shape index (κ1) is 8.76. The van der Waals surface area contributed by atoms with Crippen LogP contribution in [0.4, 0.5) is 0 Å². The third-order valence-electron chi connectivity index (χ3n) is 2.82. The highest BCUT2D eigenvalue weighted by Crippen LogP contribution is 2.36. The van der Waals surface area contributed by atoms with Crippen molar-refractivity contribution < 1.29 is 4.74 Å². The normalized spacial score (nSPS) is 25.3. The Labute approximate surface area is 79.7 Å². The smallest absolute Gasteiger partial charge is 0.0800 e. The van der Waals surface area contributed by atoms with Crippen molar-refractivity contribution in [2.24, 2.45) is 0 Å². The van der Waals surface area contributed by atoms with E-state index in [1.165, 1.54) is 11.1 Å². The summed E-state index contributed by atoms with van der Waals surface area (Å²) in [6.45, 7) is 7.41. The highest BCUT2D eigenvalue weighted by molar-refractivity contribution is 5.36. The molecule has 0 aromatic heterocycles. The molecule has 70 valence electrons. The summed E-state index contributed by atoms with van der Waals surface area (Å²) in [6.07, 6.45) is 0.254. The topological polar surface area (TPSA) is 9.23 Å². The molecule has 0 amide bonds. The Morgan fingerprint density at radius 1 is 1.31 bits per heavy atom. The Hall–Kier alpha value is -0.820. The minimum absolute atomic E-state index is 0.170. The van der Waals surface area contributed by atoms with Gasteiger partial charge in [-0.15, -0.1) is 0 Å². The molecule has 1 heterocycles. The summed E-state index contributed by atoms with van der Waals surface area (Å²) >= 11 is 0. The zero-order valence-electron chi connectivity index (χ0n) is 8.50. The molecule has 1 atom stereocenters. The fourth-order valence-electron chi connectivity index (χ4n) is 1.97. The summed E-state index contributed by atoms with van der Waals surface area (Å²) < 4.78 is 5.72. The molecular weight excluding hydrogens is 160 g/mol. The molecule has 0 saturated carbocycles. The number of fused-ring (bicyclic) bond motifs is 1. The van der Waals surface area contributed by atoms with E-state index in [2.05, 4.69) is 45.0 Å². The SMILES string of the molecule is C[C@H]1OCC(C)(C)c2ccccc21. The first-order valence-corrected chi connectivity index (χ1v) is 4.82. The van der Waals surface area contributed by atoms with Crippen LogP contribution in [0.2, 0.25) is 0 Å². The van der Waals surface area contributed by atoms with E-state index in [0.29, 0.717) is 0 Å².